The monoisotopic (exact) mass is 459 g/mol. The number of hydrogen-bond donors (Lipinski definition) is 1. The zero-order chi connectivity index (χ0) is 22.3. The van der Waals surface area contributed by atoms with Crippen LogP contribution in [-0.4, -0.2) is 54.0 Å². The van der Waals surface area contributed by atoms with E-state index in [0.717, 1.165) is 20.9 Å². The molecule has 0 bridgehead atoms. The van der Waals surface area contributed by atoms with Gasteiger partial charge < -0.3 is 10.0 Å². The maximum absolute atomic E-state index is 13.5. The molecule has 9 heteroatoms. The second kappa shape index (κ2) is 8.22. The molecule has 0 unspecified atom stereocenters. The number of carboxylic acids is 1. The molecule has 4 rings (SSSR count). The highest BCUT2D eigenvalue weighted by Crippen LogP contribution is 2.33. The second-order valence-corrected chi connectivity index (χ2v) is 10.9. The highest BCUT2D eigenvalue weighted by atomic mass is 32.2. The quantitative estimate of drug-likeness (QED) is 0.628. The van der Waals surface area contributed by atoms with Crippen molar-refractivity contribution in [3.05, 3.63) is 53.6 Å². The average molecular weight is 460 g/mol. The number of carboxylic acid groups (broad SMARTS) is 1. The van der Waals surface area contributed by atoms with Crippen molar-refractivity contribution in [2.24, 2.45) is 0 Å². The van der Waals surface area contributed by atoms with Crippen molar-refractivity contribution in [3.63, 3.8) is 0 Å². The number of para-hydroxylation sites is 1. The van der Waals surface area contributed by atoms with Crippen LogP contribution >= 0.6 is 11.3 Å². The number of aromatic nitrogens is 1. The van der Waals surface area contributed by atoms with Crippen LogP contribution in [-0.2, 0) is 21.2 Å². The third-order valence-corrected chi connectivity index (χ3v) is 8.85. The predicted octanol–water partition coefficient (Wildman–Crippen LogP) is 3.52. The summed E-state index contributed by atoms with van der Waals surface area (Å²) in [5.41, 5.74) is 2.23. The average Bonchev–Trinajstić information content (AvgIpc) is 3.13. The van der Waals surface area contributed by atoms with Gasteiger partial charge in [-0.3, -0.25) is 4.79 Å². The van der Waals surface area contributed by atoms with Crippen LogP contribution in [0.2, 0.25) is 0 Å². The van der Waals surface area contributed by atoms with E-state index in [1.165, 1.54) is 6.07 Å². The molecule has 2 aromatic carbocycles. The van der Waals surface area contributed by atoms with E-state index in [-0.39, 0.29) is 23.4 Å². The largest absolute Gasteiger partial charge is 0.481 e. The molecule has 164 valence electrons. The number of rotatable bonds is 5. The molecule has 1 saturated heterocycles. The number of carbonyl (C=O) groups is 1. The minimum absolute atomic E-state index is 0.140. The van der Waals surface area contributed by atoms with Crippen LogP contribution in [0, 0.1) is 6.92 Å². The first-order valence-electron chi connectivity index (χ1n) is 10.1. The third kappa shape index (κ3) is 4.17. The van der Waals surface area contributed by atoms with Gasteiger partial charge in [0.05, 0.1) is 21.5 Å². The molecule has 3 aromatic rings. The van der Waals surface area contributed by atoms with Crippen LogP contribution < -0.4 is 4.90 Å². The highest BCUT2D eigenvalue weighted by Gasteiger charge is 2.39. The van der Waals surface area contributed by atoms with Crippen LogP contribution in [0.25, 0.3) is 10.2 Å². The number of hydrogen-bond acceptors (Lipinski definition) is 6. The third-order valence-electron chi connectivity index (χ3n) is 5.63. The van der Waals surface area contributed by atoms with Gasteiger partial charge in [-0.2, -0.15) is 4.31 Å². The van der Waals surface area contributed by atoms with E-state index in [9.17, 15) is 13.2 Å². The number of anilines is 1. The van der Waals surface area contributed by atoms with Crippen molar-refractivity contribution in [2.75, 3.05) is 18.0 Å². The lowest BCUT2D eigenvalue weighted by molar-refractivity contribution is -0.136. The van der Waals surface area contributed by atoms with Crippen LogP contribution in [0.5, 0.6) is 0 Å². The van der Waals surface area contributed by atoms with Crippen LogP contribution in [0.3, 0.4) is 0 Å². The van der Waals surface area contributed by atoms with Gasteiger partial charge in [0.1, 0.15) is 0 Å². The summed E-state index contributed by atoms with van der Waals surface area (Å²) in [6.45, 7) is 6.67. The SMILES string of the molecule is Cc1ccc(S(=O)(=O)N2[C@H](C)CN(c3nc4ccccc4s3)C[C@@H]2C)cc1CC(=O)O. The number of aliphatic carboxylic acids is 1. The first-order chi connectivity index (χ1) is 14.7. The van der Waals surface area contributed by atoms with Crippen molar-refractivity contribution in [3.8, 4) is 0 Å². The zero-order valence-corrected chi connectivity index (χ0v) is 19.3. The lowest BCUT2D eigenvalue weighted by atomic mass is 10.1. The Morgan fingerprint density at radius 1 is 1.16 bits per heavy atom. The summed E-state index contributed by atoms with van der Waals surface area (Å²) in [4.78, 5) is 18.2. The molecule has 0 amide bonds. The minimum Gasteiger partial charge on any atom is -0.481 e. The summed E-state index contributed by atoms with van der Waals surface area (Å²) in [5.74, 6) is -0.983. The topological polar surface area (TPSA) is 90.8 Å². The maximum Gasteiger partial charge on any atom is 0.307 e. The number of fused-ring (bicyclic) bond motifs is 1. The maximum atomic E-state index is 13.5. The van der Waals surface area contributed by atoms with Crippen molar-refractivity contribution >= 4 is 42.7 Å². The second-order valence-electron chi connectivity index (χ2n) is 8.06. The molecule has 2 heterocycles. The van der Waals surface area contributed by atoms with Crippen molar-refractivity contribution in [1.82, 2.24) is 9.29 Å². The molecule has 7 nitrogen and oxygen atoms in total. The predicted molar refractivity (Wildman–Crippen MR) is 122 cm³/mol. The number of thiazole rings is 1. The Balaban J connectivity index is 1.61. The summed E-state index contributed by atoms with van der Waals surface area (Å²) < 4.78 is 29.6. The Kier molecular flexibility index (Phi) is 5.76. The number of sulfonamides is 1. The molecule has 1 N–H and O–H groups in total. The van der Waals surface area contributed by atoms with Gasteiger partial charge in [0.15, 0.2) is 5.13 Å². The lowest BCUT2D eigenvalue weighted by Crippen LogP contribution is -2.58. The summed E-state index contributed by atoms with van der Waals surface area (Å²) >= 11 is 1.61. The van der Waals surface area contributed by atoms with Gasteiger partial charge in [-0.1, -0.05) is 29.5 Å². The van der Waals surface area contributed by atoms with E-state index in [4.69, 9.17) is 10.1 Å². The molecule has 0 aliphatic carbocycles. The van der Waals surface area contributed by atoms with Crippen molar-refractivity contribution in [1.29, 1.82) is 0 Å². The molecule has 0 saturated carbocycles. The Labute approximate surface area is 186 Å². The summed E-state index contributed by atoms with van der Waals surface area (Å²) in [7, 11) is -3.77. The lowest BCUT2D eigenvalue weighted by Gasteiger charge is -2.43. The smallest absolute Gasteiger partial charge is 0.307 e. The molecule has 1 aliphatic heterocycles. The molecule has 1 aliphatic rings. The molecule has 31 heavy (non-hydrogen) atoms. The van der Waals surface area contributed by atoms with Crippen LogP contribution in [0.15, 0.2) is 47.4 Å². The van der Waals surface area contributed by atoms with Gasteiger partial charge >= 0.3 is 5.97 Å². The van der Waals surface area contributed by atoms with E-state index < -0.39 is 16.0 Å². The molecule has 2 atom stereocenters. The van der Waals surface area contributed by atoms with Gasteiger partial charge in [0.2, 0.25) is 10.0 Å². The highest BCUT2D eigenvalue weighted by molar-refractivity contribution is 7.89. The zero-order valence-electron chi connectivity index (χ0n) is 17.6. The molecule has 0 radical (unpaired) electrons. The Hall–Kier alpha value is -2.49. The fraction of sp³-hybridized carbons (Fsp3) is 0.364. The molecule has 1 fully saturated rings. The molecule has 1 aromatic heterocycles. The Bertz CT molecular complexity index is 1190. The van der Waals surface area contributed by atoms with Crippen molar-refractivity contribution < 1.29 is 18.3 Å². The number of nitrogens with zero attached hydrogens (tertiary/aromatic N) is 3. The first kappa shape index (κ1) is 21.7. The van der Waals surface area contributed by atoms with Gasteiger partial charge in [-0.25, -0.2) is 13.4 Å². The summed E-state index contributed by atoms with van der Waals surface area (Å²) in [5, 5.41) is 10.0. The fourth-order valence-electron chi connectivity index (χ4n) is 4.22. The molecular weight excluding hydrogens is 434 g/mol. The van der Waals surface area contributed by atoms with Gasteiger partial charge in [-0.15, -0.1) is 0 Å². The Morgan fingerprint density at radius 2 is 1.84 bits per heavy atom. The van der Waals surface area contributed by atoms with E-state index in [2.05, 4.69) is 4.90 Å². The number of benzene rings is 2. The molecule has 0 spiro atoms. The number of piperazine rings is 1. The van der Waals surface area contributed by atoms with Gasteiger partial charge in [0, 0.05) is 25.2 Å². The summed E-state index contributed by atoms with van der Waals surface area (Å²) in [6.07, 6.45) is -0.203. The molecular formula is C22H25N3O4S2. The van der Waals surface area contributed by atoms with Gasteiger partial charge in [0.25, 0.3) is 0 Å². The van der Waals surface area contributed by atoms with Gasteiger partial charge in [-0.05, 0) is 56.2 Å². The fourth-order valence-corrected chi connectivity index (χ4v) is 7.06. The minimum atomic E-state index is -3.77. The van der Waals surface area contributed by atoms with E-state index in [0.29, 0.717) is 18.7 Å². The first-order valence-corrected chi connectivity index (χ1v) is 12.4. The van der Waals surface area contributed by atoms with E-state index in [1.807, 2.05) is 38.1 Å². The summed E-state index contributed by atoms with van der Waals surface area (Å²) in [6, 6.07) is 12.2. The van der Waals surface area contributed by atoms with E-state index >= 15 is 0 Å². The van der Waals surface area contributed by atoms with Crippen LogP contribution in [0.4, 0.5) is 5.13 Å². The van der Waals surface area contributed by atoms with Crippen molar-refractivity contribution in [2.45, 2.75) is 44.2 Å². The standard InChI is InChI=1S/C22H25N3O4S2/c1-14-8-9-18(10-17(14)11-21(26)27)31(28,29)25-15(2)12-24(13-16(25)3)22-23-19-6-4-5-7-20(19)30-22/h4-10,15-16H,11-13H2,1-3H3,(H,26,27)/t15-,16+. The Morgan fingerprint density at radius 3 is 2.48 bits per heavy atom. The normalized spacial score (nSPS) is 20.3. The number of aryl methyl sites for hydroxylation is 1. The van der Waals surface area contributed by atoms with E-state index in [1.54, 1.807) is 34.7 Å². The van der Waals surface area contributed by atoms with Crippen LogP contribution in [0.1, 0.15) is 25.0 Å².